The number of amides is 1. The minimum absolute atomic E-state index is 0.0319. The van der Waals surface area contributed by atoms with Crippen molar-refractivity contribution >= 4 is 23.3 Å². The van der Waals surface area contributed by atoms with Crippen LogP contribution in [0.15, 0.2) is 36.4 Å². The van der Waals surface area contributed by atoms with E-state index in [0.29, 0.717) is 38.5 Å². The first kappa shape index (κ1) is 30.2. The van der Waals surface area contributed by atoms with E-state index in [9.17, 15) is 31.5 Å². The summed E-state index contributed by atoms with van der Waals surface area (Å²) in [5.41, 5.74) is -1.89. The number of hydrogen-bond acceptors (Lipinski definition) is 6. The summed E-state index contributed by atoms with van der Waals surface area (Å²) in [7, 11) is 2.57. The van der Waals surface area contributed by atoms with Gasteiger partial charge in [0.2, 0.25) is 0 Å². The van der Waals surface area contributed by atoms with E-state index < -0.39 is 40.9 Å². The monoisotopic (exact) mass is 595 g/mol. The maximum Gasteiger partial charge on any atom is 0.416 e. The van der Waals surface area contributed by atoms with Crippen LogP contribution in [0.2, 0.25) is 0 Å². The fourth-order valence-corrected chi connectivity index (χ4v) is 6.28. The largest absolute Gasteiger partial charge is 0.465 e. The number of hydrogen-bond donors (Lipinski definition) is 0. The molecule has 2 aromatic rings. The van der Waals surface area contributed by atoms with Crippen molar-refractivity contribution in [3.05, 3.63) is 59.2 Å². The molecule has 0 N–H and O–H groups in total. The van der Waals surface area contributed by atoms with Crippen LogP contribution in [-0.4, -0.2) is 74.9 Å². The maximum atomic E-state index is 14.2. The van der Waals surface area contributed by atoms with Crippen LogP contribution in [0.4, 0.5) is 33.3 Å². The molecule has 0 aromatic heterocycles. The van der Waals surface area contributed by atoms with Gasteiger partial charge >= 0.3 is 12.1 Å². The van der Waals surface area contributed by atoms with Crippen LogP contribution < -0.4 is 9.80 Å². The molecular weight excluding hydrogens is 561 g/mol. The van der Waals surface area contributed by atoms with Crippen LogP contribution in [0.5, 0.6) is 0 Å². The second kappa shape index (κ2) is 11.4. The summed E-state index contributed by atoms with van der Waals surface area (Å²) >= 11 is 0. The zero-order chi connectivity index (χ0) is 30.4. The Kier molecular flexibility index (Phi) is 8.23. The summed E-state index contributed by atoms with van der Waals surface area (Å²) in [6.45, 7) is 4.30. The highest BCUT2D eigenvalue weighted by molar-refractivity contribution is 5.99. The summed E-state index contributed by atoms with van der Waals surface area (Å²) < 4.78 is 79.2. The molecule has 3 atom stereocenters. The van der Waals surface area contributed by atoms with Crippen molar-refractivity contribution in [1.82, 2.24) is 4.90 Å². The standard InChI is InChI=1S/C30H34F5N3O4/c1-18-16-37(10-11-38(18)22-6-7-26(32)25(15-22)27(39)41-3)23-8-9-29(42-17-23,19-4-5-19)28(40)36(2)24-13-20(30(33,34)35)12-21(31)14-24/h6-7,12-15,18-19,23H,4-5,8-11,16-17H2,1-3H3/t18-,23+,29-/m0/s1. The summed E-state index contributed by atoms with van der Waals surface area (Å²) in [4.78, 5) is 31.2. The number of anilines is 2. The number of likely N-dealkylation sites (N-methyl/N-ethyl adjacent to an activating group) is 1. The zero-order valence-corrected chi connectivity index (χ0v) is 23.7. The number of nitrogens with zero attached hydrogens (tertiary/aromatic N) is 3. The van der Waals surface area contributed by atoms with Gasteiger partial charge in [0.15, 0.2) is 0 Å². The summed E-state index contributed by atoms with van der Waals surface area (Å²) in [5, 5.41) is 0. The Morgan fingerprint density at radius 3 is 2.40 bits per heavy atom. The molecule has 12 heteroatoms. The number of rotatable bonds is 6. The van der Waals surface area contributed by atoms with Crippen LogP contribution in [-0.2, 0) is 20.4 Å². The lowest BCUT2D eigenvalue weighted by Gasteiger charge is -2.48. The van der Waals surface area contributed by atoms with Gasteiger partial charge in [-0.3, -0.25) is 9.69 Å². The van der Waals surface area contributed by atoms with Crippen molar-refractivity contribution in [2.45, 2.75) is 56.5 Å². The third-order valence-electron chi connectivity index (χ3n) is 8.75. The third kappa shape index (κ3) is 5.83. The summed E-state index contributed by atoms with van der Waals surface area (Å²) in [6.07, 6.45) is -2.12. The molecule has 2 heterocycles. The predicted octanol–water partition coefficient (Wildman–Crippen LogP) is 5.27. The molecule has 0 spiro atoms. The van der Waals surface area contributed by atoms with Gasteiger partial charge in [0, 0.05) is 50.1 Å². The second-order valence-corrected chi connectivity index (χ2v) is 11.4. The number of carbonyl (C=O) groups excluding carboxylic acids is 2. The Balaban J connectivity index is 1.25. The molecule has 1 amide bonds. The summed E-state index contributed by atoms with van der Waals surface area (Å²) in [5.74, 6) is -2.95. The van der Waals surface area contributed by atoms with Gasteiger partial charge in [-0.15, -0.1) is 0 Å². The van der Waals surface area contributed by atoms with E-state index in [1.165, 1.54) is 26.3 Å². The van der Waals surface area contributed by atoms with Crippen LogP contribution in [0.1, 0.15) is 48.5 Å². The van der Waals surface area contributed by atoms with Gasteiger partial charge in [0.25, 0.3) is 5.91 Å². The van der Waals surface area contributed by atoms with Crippen molar-refractivity contribution in [3.8, 4) is 0 Å². The quantitative estimate of drug-likeness (QED) is 0.335. The topological polar surface area (TPSA) is 62.3 Å². The average Bonchev–Trinajstić information content (AvgIpc) is 3.82. The first-order valence-electron chi connectivity index (χ1n) is 14.0. The highest BCUT2D eigenvalue weighted by Crippen LogP contribution is 2.48. The van der Waals surface area contributed by atoms with Gasteiger partial charge in [-0.1, -0.05) is 0 Å². The van der Waals surface area contributed by atoms with Crippen LogP contribution in [0, 0.1) is 17.6 Å². The second-order valence-electron chi connectivity index (χ2n) is 11.4. The number of piperazine rings is 1. The molecule has 3 fully saturated rings. The molecule has 2 aromatic carbocycles. The lowest BCUT2D eigenvalue weighted by molar-refractivity contribution is -0.162. The molecule has 5 rings (SSSR count). The normalized spacial score (nSPS) is 25.3. The Morgan fingerprint density at radius 1 is 1.07 bits per heavy atom. The lowest BCUT2D eigenvalue weighted by Crippen LogP contribution is -2.60. The molecule has 2 saturated heterocycles. The molecule has 7 nitrogen and oxygen atoms in total. The molecule has 2 aliphatic heterocycles. The van der Waals surface area contributed by atoms with E-state index in [1.807, 2.05) is 6.92 Å². The Bertz CT molecular complexity index is 1340. The molecule has 3 aliphatic rings. The number of methoxy groups -OCH3 is 1. The predicted molar refractivity (Wildman–Crippen MR) is 145 cm³/mol. The molecule has 1 saturated carbocycles. The number of esters is 1. The van der Waals surface area contributed by atoms with Gasteiger partial charge in [0.1, 0.15) is 17.2 Å². The molecule has 1 aliphatic carbocycles. The Labute approximate surface area is 241 Å². The molecule has 0 bridgehead atoms. The minimum atomic E-state index is -4.75. The highest BCUT2D eigenvalue weighted by atomic mass is 19.4. The number of alkyl halides is 3. The SMILES string of the molecule is COC(=O)c1cc(N2CCN([C@@H]3CC[C@@](C(=O)N(C)c4cc(F)cc(C(F)(F)F)c4)(C4CC4)OC3)C[C@@H]2C)ccc1F. The van der Waals surface area contributed by atoms with Crippen molar-refractivity contribution in [1.29, 1.82) is 0 Å². The smallest absolute Gasteiger partial charge is 0.416 e. The average molecular weight is 596 g/mol. The van der Waals surface area contributed by atoms with Crippen molar-refractivity contribution in [3.63, 3.8) is 0 Å². The molecule has 228 valence electrons. The van der Waals surface area contributed by atoms with Crippen LogP contribution in [0.3, 0.4) is 0 Å². The van der Waals surface area contributed by atoms with Crippen molar-refractivity contribution in [2.24, 2.45) is 5.92 Å². The van der Waals surface area contributed by atoms with Crippen molar-refractivity contribution in [2.75, 3.05) is 50.2 Å². The van der Waals surface area contributed by atoms with Crippen LogP contribution in [0.25, 0.3) is 0 Å². The number of carbonyl (C=O) groups is 2. The third-order valence-corrected chi connectivity index (χ3v) is 8.75. The van der Waals surface area contributed by atoms with E-state index in [4.69, 9.17) is 9.47 Å². The molecule has 0 radical (unpaired) electrons. The van der Waals surface area contributed by atoms with E-state index in [-0.39, 0.29) is 35.9 Å². The highest BCUT2D eigenvalue weighted by Gasteiger charge is 2.55. The van der Waals surface area contributed by atoms with Gasteiger partial charge in [-0.05, 0) is 74.9 Å². The summed E-state index contributed by atoms with van der Waals surface area (Å²) in [6, 6.07) is 6.58. The fraction of sp³-hybridized carbons (Fsp3) is 0.533. The lowest BCUT2D eigenvalue weighted by atomic mass is 9.85. The van der Waals surface area contributed by atoms with Gasteiger partial charge < -0.3 is 19.3 Å². The maximum absolute atomic E-state index is 14.2. The van der Waals surface area contributed by atoms with E-state index in [0.717, 1.165) is 35.6 Å². The zero-order valence-electron chi connectivity index (χ0n) is 23.7. The van der Waals surface area contributed by atoms with Gasteiger partial charge in [-0.2, -0.15) is 13.2 Å². The Hall–Kier alpha value is -3.25. The van der Waals surface area contributed by atoms with E-state index in [1.54, 1.807) is 6.07 Å². The van der Waals surface area contributed by atoms with Crippen LogP contribution >= 0.6 is 0 Å². The minimum Gasteiger partial charge on any atom is -0.465 e. The van der Waals surface area contributed by atoms with Crippen molar-refractivity contribution < 1.29 is 41.0 Å². The van der Waals surface area contributed by atoms with E-state index >= 15 is 0 Å². The molecular formula is C30H34F5N3O4. The van der Waals surface area contributed by atoms with Gasteiger partial charge in [0.05, 0.1) is 24.8 Å². The number of ether oxygens (including phenoxy) is 2. The number of benzene rings is 2. The number of halogens is 5. The molecule has 0 unspecified atom stereocenters. The van der Waals surface area contributed by atoms with E-state index in [2.05, 4.69) is 9.80 Å². The molecule has 42 heavy (non-hydrogen) atoms. The first-order valence-corrected chi connectivity index (χ1v) is 14.0. The Morgan fingerprint density at radius 2 is 1.81 bits per heavy atom. The first-order chi connectivity index (χ1) is 19.8. The van der Waals surface area contributed by atoms with Gasteiger partial charge in [-0.25, -0.2) is 13.6 Å². The fourth-order valence-electron chi connectivity index (χ4n) is 6.28.